The van der Waals surface area contributed by atoms with Crippen LogP contribution in [0.25, 0.3) is 0 Å². The number of aryl methyl sites for hydroxylation is 1. The van der Waals surface area contributed by atoms with Crippen LogP contribution in [0.5, 0.6) is 0 Å². The summed E-state index contributed by atoms with van der Waals surface area (Å²) < 4.78 is 0. The molecule has 5 nitrogen and oxygen atoms in total. The fourth-order valence-corrected chi connectivity index (χ4v) is 3.07. The van der Waals surface area contributed by atoms with Gasteiger partial charge in [0.25, 0.3) is 0 Å². The smallest absolute Gasteiger partial charge is 0.229 e. The molecular formula is C20H30ClN5. The summed E-state index contributed by atoms with van der Waals surface area (Å²) >= 11 is 6.04. The van der Waals surface area contributed by atoms with Gasteiger partial charge in [-0.3, -0.25) is 0 Å². The van der Waals surface area contributed by atoms with Crippen molar-refractivity contribution < 1.29 is 0 Å². The number of halogens is 1. The van der Waals surface area contributed by atoms with Gasteiger partial charge in [-0.05, 0) is 64.5 Å². The Labute approximate surface area is 162 Å². The van der Waals surface area contributed by atoms with E-state index >= 15 is 0 Å². The number of nitrogens with zero attached hydrogens (tertiary/aromatic N) is 3. The molecule has 0 radical (unpaired) electrons. The Hall–Kier alpha value is -1.85. The second-order valence-corrected chi connectivity index (χ2v) is 7.00. The molecule has 1 atom stereocenters. The molecule has 0 fully saturated rings. The maximum atomic E-state index is 6.04. The summed E-state index contributed by atoms with van der Waals surface area (Å²) in [6, 6.07) is 9.88. The SMILES string of the molecule is CCN(CC)CCCC(C)Nc1cc(C)nc(Nc2cccc(Cl)c2)n1. The third kappa shape index (κ3) is 6.81. The van der Waals surface area contributed by atoms with Crippen molar-refractivity contribution in [3.8, 4) is 0 Å². The van der Waals surface area contributed by atoms with E-state index in [2.05, 4.69) is 46.3 Å². The molecule has 0 aliphatic rings. The lowest BCUT2D eigenvalue weighted by Crippen LogP contribution is -2.25. The monoisotopic (exact) mass is 375 g/mol. The predicted octanol–water partition coefficient (Wildman–Crippen LogP) is 5.10. The first-order valence-electron chi connectivity index (χ1n) is 9.37. The molecule has 0 aliphatic carbocycles. The first-order chi connectivity index (χ1) is 12.5. The molecule has 26 heavy (non-hydrogen) atoms. The van der Waals surface area contributed by atoms with E-state index in [4.69, 9.17) is 11.6 Å². The highest BCUT2D eigenvalue weighted by atomic mass is 35.5. The zero-order chi connectivity index (χ0) is 18.9. The molecule has 0 spiro atoms. The number of anilines is 3. The van der Waals surface area contributed by atoms with Crippen LogP contribution >= 0.6 is 11.6 Å². The summed E-state index contributed by atoms with van der Waals surface area (Å²) in [5.74, 6) is 1.42. The van der Waals surface area contributed by atoms with Crippen molar-refractivity contribution in [2.75, 3.05) is 30.3 Å². The maximum Gasteiger partial charge on any atom is 0.229 e. The van der Waals surface area contributed by atoms with Crippen LogP contribution < -0.4 is 10.6 Å². The van der Waals surface area contributed by atoms with Crippen LogP contribution in [-0.2, 0) is 0 Å². The first kappa shape index (κ1) is 20.5. The molecule has 1 unspecified atom stereocenters. The highest BCUT2D eigenvalue weighted by Gasteiger charge is 2.08. The fraction of sp³-hybridized carbons (Fsp3) is 0.500. The lowest BCUT2D eigenvalue weighted by Gasteiger charge is -2.20. The van der Waals surface area contributed by atoms with E-state index in [0.717, 1.165) is 43.3 Å². The third-order valence-corrected chi connectivity index (χ3v) is 4.57. The van der Waals surface area contributed by atoms with Gasteiger partial charge in [-0.2, -0.15) is 4.98 Å². The van der Waals surface area contributed by atoms with Crippen LogP contribution in [-0.4, -0.2) is 40.5 Å². The highest BCUT2D eigenvalue weighted by Crippen LogP contribution is 2.20. The van der Waals surface area contributed by atoms with Crippen molar-refractivity contribution in [2.24, 2.45) is 0 Å². The summed E-state index contributed by atoms with van der Waals surface area (Å²) in [5, 5.41) is 7.40. The summed E-state index contributed by atoms with van der Waals surface area (Å²) in [7, 11) is 0. The van der Waals surface area contributed by atoms with Crippen molar-refractivity contribution in [1.29, 1.82) is 0 Å². The lowest BCUT2D eigenvalue weighted by atomic mass is 10.1. The zero-order valence-electron chi connectivity index (χ0n) is 16.2. The van der Waals surface area contributed by atoms with Gasteiger partial charge in [-0.1, -0.05) is 31.5 Å². The molecule has 2 aromatic rings. The largest absolute Gasteiger partial charge is 0.367 e. The Morgan fingerprint density at radius 1 is 1.15 bits per heavy atom. The van der Waals surface area contributed by atoms with E-state index in [9.17, 15) is 0 Å². The van der Waals surface area contributed by atoms with Gasteiger partial charge in [-0.25, -0.2) is 4.98 Å². The minimum Gasteiger partial charge on any atom is -0.367 e. The average molecular weight is 376 g/mol. The van der Waals surface area contributed by atoms with Crippen LogP contribution in [0.1, 0.15) is 39.3 Å². The topological polar surface area (TPSA) is 53.1 Å². The number of hydrogen-bond acceptors (Lipinski definition) is 5. The Bertz CT molecular complexity index is 688. The minimum absolute atomic E-state index is 0.360. The third-order valence-electron chi connectivity index (χ3n) is 4.34. The van der Waals surface area contributed by atoms with Gasteiger partial charge in [0.1, 0.15) is 5.82 Å². The van der Waals surface area contributed by atoms with E-state index in [0.29, 0.717) is 17.0 Å². The fourth-order valence-electron chi connectivity index (χ4n) is 2.88. The molecule has 6 heteroatoms. The molecule has 0 saturated carbocycles. The predicted molar refractivity (Wildman–Crippen MR) is 112 cm³/mol. The molecular weight excluding hydrogens is 346 g/mol. The number of benzene rings is 1. The minimum atomic E-state index is 0.360. The van der Waals surface area contributed by atoms with E-state index in [-0.39, 0.29) is 0 Å². The quantitative estimate of drug-likeness (QED) is 0.604. The molecule has 0 saturated heterocycles. The lowest BCUT2D eigenvalue weighted by molar-refractivity contribution is 0.295. The van der Waals surface area contributed by atoms with Crippen molar-refractivity contribution in [1.82, 2.24) is 14.9 Å². The molecule has 1 aromatic carbocycles. The molecule has 0 bridgehead atoms. The zero-order valence-corrected chi connectivity index (χ0v) is 17.0. The van der Waals surface area contributed by atoms with Gasteiger partial charge in [0.2, 0.25) is 5.95 Å². The number of hydrogen-bond donors (Lipinski definition) is 2. The molecule has 142 valence electrons. The van der Waals surface area contributed by atoms with Crippen molar-refractivity contribution in [3.63, 3.8) is 0 Å². The second kappa shape index (κ2) is 10.3. The van der Waals surface area contributed by atoms with Crippen LogP contribution in [0.4, 0.5) is 17.5 Å². The Morgan fingerprint density at radius 3 is 2.62 bits per heavy atom. The Morgan fingerprint density at radius 2 is 1.92 bits per heavy atom. The van der Waals surface area contributed by atoms with Gasteiger partial charge in [0, 0.05) is 28.5 Å². The number of aromatic nitrogens is 2. The summed E-state index contributed by atoms with van der Waals surface area (Å²) in [6.45, 7) is 12.0. The van der Waals surface area contributed by atoms with Crippen LogP contribution in [0.2, 0.25) is 5.02 Å². The standard InChI is InChI=1S/C20H30ClN5/c1-5-26(6-2)12-8-9-15(3)22-19-13-16(4)23-20(25-19)24-18-11-7-10-17(21)14-18/h7,10-11,13-15H,5-6,8-9,12H2,1-4H3,(H2,22,23,24,25). The number of rotatable bonds is 10. The van der Waals surface area contributed by atoms with Gasteiger partial charge >= 0.3 is 0 Å². The van der Waals surface area contributed by atoms with Gasteiger partial charge in [0.05, 0.1) is 0 Å². The van der Waals surface area contributed by atoms with E-state index in [1.807, 2.05) is 37.3 Å². The van der Waals surface area contributed by atoms with Gasteiger partial charge < -0.3 is 15.5 Å². The molecule has 2 rings (SSSR count). The van der Waals surface area contributed by atoms with Crippen molar-refractivity contribution >= 4 is 29.1 Å². The number of nitrogens with one attached hydrogen (secondary N) is 2. The molecule has 2 N–H and O–H groups in total. The van der Waals surface area contributed by atoms with E-state index in [1.165, 1.54) is 6.42 Å². The summed E-state index contributed by atoms with van der Waals surface area (Å²) in [5.41, 5.74) is 1.80. The normalized spacial score (nSPS) is 12.2. The first-order valence-corrected chi connectivity index (χ1v) is 9.75. The summed E-state index contributed by atoms with van der Waals surface area (Å²) in [4.78, 5) is 11.5. The Balaban J connectivity index is 1.94. The van der Waals surface area contributed by atoms with Gasteiger partial charge in [-0.15, -0.1) is 0 Å². The summed E-state index contributed by atoms with van der Waals surface area (Å²) in [6.07, 6.45) is 2.28. The van der Waals surface area contributed by atoms with Crippen LogP contribution in [0.3, 0.4) is 0 Å². The van der Waals surface area contributed by atoms with Crippen LogP contribution in [0, 0.1) is 6.92 Å². The second-order valence-electron chi connectivity index (χ2n) is 6.57. The van der Waals surface area contributed by atoms with Crippen molar-refractivity contribution in [3.05, 3.63) is 41.0 Å². The molecule has 1 heterocycles. The van der Waals surface area contributed by atoms with Gasteiger partial charge in [0.15, 0.2) is 0 Å². The molecule has 1 aromatic heterocycles. The van der Waals surface area contributed by atoms with Crippen LogP contribution in [0.15, 0.2) is 30.3 Å². The van der Waals surface area contributed by atoms with Crippen molar-refractivity contribution in [2.45, 2.75) is 46.6 Å². The maximum absolute atomic E-state index is 6.04. The average Bonchev–Trinajstić information content (AvgIpc) is 2.58. The highest BCUT2D eigenvalue weighted by molar-refractivity contribution is 6.30. The Kier molecular flexibility index (Phi) is 8.13. The molecule has 0 aliphatic heterocycles. The van der Waals surface area contributed by atoms with E-state index in [1.54, 1.807) is 0 Å². The van der Waals surface area contributed by atoms with E-state index < -0.39 is 0 Å². The molecule has 0 amide bonds.